The van der Waals surface area contributed by atoms with Gasteiger partial charge in [0.2, 0.25) is 17.7 Å². The van der Waals surface area contributed by atoms with E-state index in [4.69, 9.17) is 0 Å². The van der Waals surface area contributed by atoms with Crippen molar-refractivity contribution in [3.63, 3.8) is 0 Å². The maximum Gasteiger partial charge on any atom is 0.265 e. The molecule has 8 nitrogen and oxygen atoms in total. The third kappa shape index (κ3) is 2.49. The van der Waals surface area contributed by atoms with Crippen molar-refractivity contribution >= 4 is 23.6 Å². The molecule has 2 aliphatic rings. The van der Waals surface area contributed by atoms with E-state index in [1.54, 1.807) is 4.90 Å². The van der Waals surface area contributed by atoms with E-state index in [2.05, 4.69) is 5.32 Å². The Bertz CT molecular complexity index is 432. The molecule has 2 heterocycles. The lowest BCUT2D eigenvalue weighted by molar-refractivity contribution is -0.167. The van der Waals surface area contributed by atoms with Crippen LogP contribution < -0.4 is 5.32 Å². The van der Waals surface area contributed by atoms with Crippen LogP contribution in [0.25, 0.3) is 0 Å². The van der Waals surface area contributed by atoms with Crippen LogP contribution in [0.15, 0.2) is 0 Å². The number of nitrogens with zero attached hydrogens (tertiary/aromatic N) is 3. The second kappa shape index (κ2) is 5.06. The van der Waals surface area contributed by atoms with Crippen LogP contribution in [0, 0.1) is 0 Å². The Morgan fingerprint density at radius 3 is 2.16 bits per heavy atom. The number of imide groups is 2. The average Bonchev–Trinajstić information content (AvgIpc) is 2.31. The summed E-state index contributed by atoms with van der Waals surface area (Å²) in [4.78, 5) is 51.1. The van der Waals surface area contributed by atoms with Gasteiger partial charge in [-0.05, 0) is 13.6 Å². The Hall–Kier alpha value is -1.80. The Morgan fingerprint density at radius 1 is 1.11 bits per heavy atom. The van der Waals surface area contributed by atoms with Crippen molar-refractivity contribution in [2.75, 3.05) is 33.2 Å². The molecule has 1 unspecified atom stereocenters. The maximum absolute atomic E-state index is 12.0. The van der Waals surface area contributed by atoms with Gasteiger partial charge < -0.3 is 0 Å². The highest BCUT2D eigenvalue weighted by atomic mass is 16.2. The van der Waals surface area contributed by atoms with E-state index in [1.165, 1.54) is 11.9 Å². The molecule has 4 amide bonds. The molecule has 1 atom stereocenters. The molecule has 19 heavy (non-hydrogen) atoms. The van der Waals surface area contributed by atoms with Gasteiger partial charge in [0, 0.05) is 0 Å². The molecule has 2 rings (SSSR count). The summed E-state index contributed by atoms with van der Waals surface area (Å²) in [6.07, 6.45) is -1.03. The third-order valence-corrected chi connectivity index (χ3v) is 3.25. The van der Waals surface area contributed by atoms with Gasteiger partial charge in [0.05, 0.1) is 19.6 Å². The number of amides is 4. The lowest BCUT2D eigenvalue weighted by Crippen LogP contribution is -2.68. The molecule has 0 saturated carbocycles. The highest BCUT2D eigenvalue weighted by molar-refractivity contribution is 6.07. The van der Waals surface area contributed by atoms with Crippen molar-refractivity contribution in [3.05, 3.63) is 0 Å². The van der Waals surface area contributed by atoms with Crippen LogP contribution in [0.4, 0.5) is 0 Å². The summed E-state index contributed by atoms with van der Waals surface area (Å²) in [6, 6.07) is 0. The smallest absolute Gasteiger partial charge is 0.265 e. The molecule has 1 N–H and O–H groups in total. The quantitative estimate of drug-likeness (QED) is 0.561. The minimum Gasteiger partial charge on any atom is -0.292 e. The Morgan fingerprint density at radius 2 is 1.68 bits per heavy atom. The molecular weight excluding hydrogens is 252 g/mol. The molecule has 0 spiro atoms. The number of carbonyl (C=O) groups is 4. The van der Waals surface area contributed by atoms with Gasteiger partial charge in [-0.3, -0.25) is 39.2 Å². The molecule has 2 fully saturated rings. The number of hydrogen-bond acceptors (Lipinski definition) is 6. The topological polar surface area (TPSA) is 90.0 Å². The zero-order valence-electron chi connectivity index (χ0n) is 10.9. The fraction of sp³-hybridized carbons (Fsp3) is 0.636. The minimum atomic E-state index is -1.03. The van der Waals surface area contributed by atoms with Gasteiger partial charge in [0.1, 0.15) is 0 Å². The molecule has 0 aliphatic carbocycles. The summed E-state index contributed by atoms with van der Waals surface area (Å²) in [7, 11) is 1.54. The van der Waals surface area contributed by atoms with E-state index in [1.807, 2.05) is 6.92 Å². The highest BCUT2D eigenvalue weighted by Gasteiger charge is 2.43. The summed E-state index contributed by atoms with van der Waals surface area (Å²) < 4.78 is 0. The van der Waals surface area contributed by atoms with Crippen molar-refractivity contribution in [1.29, 1.82) is 0 Å². The number of carbonyl (C=O) groups excluding carboxylic acids is 4. The normalized spacial score (nSPS) is 26.8. The highest BCUT2D eigenvalue weighted by Crippen LogP contribution is 2.14. The second-order valence-electron chi connectivity index (χ2n) is 4.66. The van der Waals surface area contributed by atoms with E-state index in [0.717, 1.165) is 4.90 Å². The minimum absolute atomic E-state index is 0.0229. The molecule has 0 aromatic rings. The fourth-order valence-corrected chi connectivity index (χ4v) is 2.30. The molecule has 0 radical (unpaired) electrons. The van der Waals surface area contributed by atoms with E-state index in [-0.39, 0.29) is 19.6 Å². The number of piperazine rings is 2. The molecule has 0 bridgehead atoms. The first-order valence-electron chi connectivity index (χ1n) is 6.05. The number of rotatable bonds is 2. The number of hydrogen-bond donors (Lipinski definition) is 1. The molecule has 104 valence electrons. The van der Waals surface area contributed by atoms with Crippen molar-refractivity contribution in [2.24, 2.45) is 0 Å². The van der Waals surface area contributed by atoms with E-state index >= 15 is 0 Å². The van der Waals surface area contributed by atoms with Crippen LogP contribution in [0.5, 0.6) is 0 Å². The summed E-state index contributed by atoms with van der Waals surface area (Å²) in [5, 5.41) is 2.14. The zero-order chi connectivity index (χ0) is 14.2. The largest absolute Gasteiger partial charge is 0.292 e. The maximum atomic E-state index is 12.0. The first kappa shape index (κ1) is 13.6. The van der Waals surface area contributed by atoms with E-state index in [9.17, 15) is 19.2 Å². The molecular formula is C11H16N4O4. The van der Waals surface area contributed by atoms with Crippen LogP contribution >= 0.6 is 0 Å². The number of likely N-dealkylation sites (N-methyl/N-ethyl adjacent to an activating group) is 2. The van der Waals surface area contributed by atoms with E-state index in [0.29, 0.717) is 6.54 Å². The summed E-state index contributed by atoms with van der Waals surface area (Å²) >= 11 is 0. The van der Waals surface area contributed by atoms with Crippen molar-refractivity contribution < 1.29 is 19.2 Å². The second-order valence-corrected chi connectivity index (χ2v) is 4.66. The lowest BCUT2D eigenvalue weighted by atomic mass is 10.2. The predicted molar refractivity (Wildman–Crippen MR) is 63.5 cm³/mol. The molecule has 2 saturated heterocycles. The van der Waals surface area contributed by atoms with Gasteiger partial charge >= 0.3 is 0 Å². The van der Waals surface area contributed by atoms with Gasteiger partial charge in [-0.25, -0.2) is 0 Å². The van der Waals surface area contributed by atoms with E-state index < -0.39 is 29.8 Å². The summed E-state index contributed by atoms with van der Waals surface area (Å²) in [6.45, 7) is 2.64. The van der Waals surface area contributed by atoms with Gasteiger partial charge in [-0.15, -0.1) is 0 Å². The van der Waals surface area contributed by atoms with Gasteiger partial charge in [0.15, 0.2) is 6.17 Å². The lowest BCUT2D eigenvalue weighted by Gasteiger charge is -2.41. The number of nitrogens with one attached hydrogen (secondary N) is 1. The third-order valence-electron chi connectivity index (χ3n) is 3.25. The van der Waals surface area contributed by atoms with Crippen LogP contribution in [-0.4, -0.2) is 77.7 Å². The fourth-order valence-electron chi connectivity index (χ4n) is 2.30. The first-order valence-corrected chi connectivity index (χ1v) is 6.05. The SMILES string of the molecule is CCN1CC(=O)N(C2C(=O)NC(=O)CN2C)C(=O)C1. The van der Waals surface area contributed by atoms with Crippen molar-refractivity contribution in [3.8, 4) is 0 Å². The van der Waals surface area contributed by atoms with Crippen LogP contribution in [0.2, 0.25) is 0 Å². The van der Waals surface area contributed by atoms with Crippen molar-refractivity contribution in [2.45, 2.75) is 13.1 Å². The predicted octanol–water partition coefficient (Wildman–Crippen LogP) is -2.41. The van der Waals surface area contributed by atoms with Gasteiger partial charge in [-0.2, -0.15) is 0 Å². The summed E-state index contributed by atoms with van der Waals surface area (Å²) in [5.74, 6) is -1.90. The van der Waals surface area contributed by atoms with Gasteiger partial charge in [0.25, 0.3) is 5.91 Å². The Balaban J connectivity index is 2.21. The van der Waals surface area contributed by atoms with Crippen molar-refractivity contribution in [1.82, 2.24) is 20.0 Å². The molecule has 2 aliphatic heterocycles. The van der Waals surface area contributed by atoms with Crippen LogP contribution in [0.1, 0.15) is 6.92 Å². The van der Waals surface area contributed by atoms with Crippen LogP contribution in [0.3, 0.4) is 0 Å². The zero-order valence-corrected chi connectivity index (χ0v) is 10.9. The first-order chi connectivity index (χ1) is 8.93. The standard InChI is InChI=1S/C11H16N4O4/c1-3-14-5-8(17)15(9(18)6-14)11-10(19)12-7(16)4-13(11)2/h11H,3-6H2,1-2H3,(H,12,16,19). The summed E-state index contributed by atoms with van der Waals surface area (Å²) in [5.41, 5.74) is 0. The molecule has 8 heteroatoms. The Kier molecular flexibility index (Phi) is 3.63. The van der Waals surface area contributed by atoms with Gasteiger partial charge in [-0.1, -0.05) is 6.92 Å². The molecule has 0 aromatic carbocycles. The Labute approximate surface area is 110 Å². The average molecular weight is 268 g/mol. The van der Waals surface area contributed by atoms with Crippen LogP contribution in [-0.2, 0) is 19.2 Å². The monoisotopic (exact) mass is 268 g/mol. The molecule has 0 aromatic heterocycles.